The minimum Gasteiger partial charge on any atom is -0.482 e. The molecule has 7 heteroatoms. The van der Waals surface area contributed by atoms with E-state index in [2.05, 4.69) is 17.4 Å². The van der Waals surface area contributed by atoms with Crippen LogP contribution in [0.25, 0.3) is 11.0 Å². The largest absolute Gasteiger partial charge is 0.482 e. The van der Waals surface area contributed by atoms with Gasteiger partial charge in [0.25, 0.3) is 5.91 Å². The summed E-state index contributed by atoms with van der Waals surface area (Å²) in [7, 11) is 0. The highest BCUT2D eigenvalue weighted by Gasteiger charge is 2.34. The number of aryl methyl sites for hydroxylation is 1. The van der Waals surface area contributed by atoms with Crippen LogP contribution in [0.5, 0.6) is 5.75 Å². The van der Waals surface area contributed by atoms with Crippen molar-refractivity contribution in [1.29, 1.82) is 0 Å². The number of benzene rings is 2. The summed E-state index contributed by atoms with van der Waals surface area (Å²) < 4.78 is 16.4. The van der Waals surface area contributed by atoms with Crippen molar-refractivity contribution in [2.45, 2.75) is 25.2 Å². The Kier molecular flexibility index (Phi) is 6.30. The van der Waals surface area contributed by atoms with Gasteiger partial charge in [0.05, 0.1) is 5.02 Å². The molecule has 0 bridgehead atoms. The van der Waals surface area contributed by atoms with Crippen molar-refractivity contribution >= 4 is 28.5 Å². The summed E-state index contributed by atoms with van der Waals surface area (Å²) in [5.74, 6) is 0.0468. The second-order valence-electron chi connectivity index (χ2n) is 7.85. The van der Waals surface area contributed by atoms with Gasteiger partial charge in [-0.15, -0.1) is 0 Å². The first kappa shape index (κ1) is 21.4. The maximum absolute atomic E-state index is 12.5. The Morgan fingerprint density at radius 3 is 2.65 bits per heavy atom. The van der Waals surface area contributed by atoms with Crippen LogP contribution in [0.15, 0.2) is 57.7 Å². The lowest BCUT2D eigenvalue weighted by atomic mass is 9.74. The van der Waals surface area contributed by atoms with Gasteiger partial charge in [0.15, 0.2) is 6.61 Å². The Morgan fingerprint density at radius 2 is 1.90 bits per heavy atom. The fourth-order valence-corrected chi connectivity index (χ4v) is 4.23. The fourth-order valence-electron chi connectivity index (χ4n) is 4.01. The molecule has 0 unspecified atom stereocenters. The molecule has 0 aliphatic carbocycles. The quantitative estimate of drug-likeness (QED) is 0.585. The van der Waals surface area contributed by atoms with Crippen molar-refractivity contribution in [3.05, 3.63) is 75.1 Å². The number of carbonyl (C=O) groups excluding carboxylic acids is 1. The van der Waals surface area contributed by atoms with Gasteiger partial charge in [0.1, 0.15) is 11.3 Å². The lowest BCUT2D eigenvalue weighted by molar-refractivity contribution is -0.123. The molecular weight excluding hydrogens is 418 g/mol. The van der Waals surface area contributed by atoms with Crippen LogP contribution in [0.2, 0.25) is 5.02 Å². The SMILES string of the molecule is Cc1cc(=O)oc2cc(OCC(=O)NCC3(c4ccccc4)CCOCC3)c(Cl)cc12. The molecule has 1 saturated heterocycles. The average molecular weight is 442 g/mol. The van der Waals surface area contributed by atoms with Crippen molar-refractivity contribution in [3.8, 4) is 5.75 Å². The van der Waals surface area contributed by atoms with Crippen LogP contribution in [-0.2, 0) is 14.9 Å². The second-order valence-corrected chi connectivity index (χ2v) is 8.26. The molecule has 162 valence electrons. The molecule has 31 heavy (non-hydrogen) atoms. The van der Waals surface area contributed by atoms with Gasteiger partial charge in [-0.25, -0.2) is 4.79 Å². The summed E-state index contributed by atoms with van der Waals surface area (Å²) in [6, 6.07) is 14.8. The highest BCUT2D eigenvalue weighted by atomic mass is 35.5. The second kappa shape index (κ2) is 9.12. The van der Waals surface area contributed by atoms with E-state index in [1.165, 1.54) is 11.6 Å². The summed E-state index contributed by atoms with van der Waals surface area (Å²) >= 11 is 6.31. The fraction of sp³-hybridized carbons (Fsp3) is 0.333. The molecule has 0 atom stereocenters. The maximum Gasteiger partial charge on any atom is 0.336 e. The summed E-state index contributed by atoms with van der Waals surface area (Å²) in [5, 5.41) is 4.08. The summed E-state index contributed by atoms with van der Waals surface area (Å²) in [6.07, 6.45) is 1.68. The molecule has 1 aliphatic rings. The molecular formula is C24H24ClNO5. The number of carbonyl (C=O) groups is 1. The molecule has 1 aromatic heterocycles. The first-order valence-electron chi connectivity index (χ1n) is 10.2. The number of nitrogens with one attached hydrogen (secondary N) is 1. The van der Waals surface area contributed by atoms with E-state index in [9.17, 15) is 9.59 Å². The first-order chi connectivity index (χ1) is 15.0. The number of hydrogen-bond acceptors (Lipinski definition) is 5. The van der Waals surface area contributed by atoms with Gasteiger partial charge in [-0.1, -0.05) is 41.9 Å². The molecule has 1 amide bonds. The van der Waals surface area contributed by atoms with E-state index in [1.807, 2.05) is 25.1 Å². The van der Waals surface area contributed by atoms with Crippen molar-refractivity contribution in [2.24, 2.45) is 0 Å². The number of amides is 1. The minimum absolute atomic E-state index is 0.156. The third-order valence-electron chi connectivity index (χ3n) is 5.82. The summed E-state index contributed by atoms with van der Waals surface area (Å²) in [5.41, 5.74) is 1.73. The van der Waals surface area contributed by atoms with E-state index in [0.29, 0.717) is 36.1 Å². The zero-order chi connectivity index (χ0) is 21.8. The van der Waals surface area contributed by atoms with Gasteiger partial charge in [-0.05, 0) is 37.0 Å². The van der Waals surface area contributed by atoms with Crippen LogP contribution in [0, 0.1) is 6.92 Å². The van der Waals surface area contributed by atoms with Crippen LogP contribution in [0.1, 0.15) is 24.0 Å². The highest BCUT2D eigenvalue weighted by molar-refractivity contribution is 6.32. The maximum atomic E-state index is 12.5. The van der Waals surface area contributed by atoms with Crippen LogP contribution in [0.3, 0.4) is 0 Å². The number of rotatable bonds is 6. The normalized spacial score (nSPS) is 15.5. The number of fused-ring (bicyclic) bond motifs is 1. The molecule has 0 spiro atoms. The first-order valence-corrected chi connectivity index (χ1v) is 10.6. The monoisotopic (exact) mass is 441 g/mol. The van der Waals surface area contributed by atoms with Gasteiger partial charge in [-0.3, -0.25) is 4.79 Å². The third kappa shape index (κ3) is 4.75. The van der Waals surface area contributed by atoms with Crippen LogP contribution in [0.4, 0.5) is 0 Å². The van der Waals surface area contributed by atoms with E-state index in [1.54, 1.807) is 12.1 Å². The minimum atomic E-state index is -0.446. The molecule has 3 aromatic rings. The summed E-state index contributed by atoms with van der Waals surface area (Å²) in [6.45, 7) is 3.45. The zero-order valence-corrected chi connectivity index (χ0v) is 18.0. The molecule has 0 radical (unpaired) electrons. The Bertz CT molecular complexity index is 1140. The molecule has 6 nitrogen and oxygen atoms in total. The molecule has 1 fully saturated rings. The third-order valence-corrected chi connectivity index (χ3v) is 6.12. The number of ether oxygens (including phenoxy) is 2. The van der Waals surface area contributed by atoms with Crippen molar-refractivity contribution in [3.63, 3.8) is 0 Å². The van der Waals surface area contributed by atoms with Crippen molar-refractivity contribution in [1.82, 2.24) is 5.32 Å². The van der Waals surface area contributed by atoms with Crippen molar-refractivity contribution in [2.75, 3.05) is 26.4 Å². The average Bonchev–Trinajstić information content (AvgIpc) is 2.78. The van der Waals surface area contributed by atoms with Crippen LogP contribution < -0.4 is 15.7 Å². The van der Waals surface area contributed by atoms with E-state index in [4.69, 9.17) is 25.5 Å². The molecule has 1 aliphatic heterocycles. The Morgan fingerprint density at radius 1 is 1.16 bits per heavy atom. The highest BCUT2D eigenvalue weighted by Crippen LogP contribution is 2.34. The molecule has 0 saturated carbocycles. The van der Waals surface area contributed by atoms with E-state index < -0.39 is 5.63 Å². The molecule has 4 rings (SSSR count). The van der Waals surface area contributed by atoms with Gasteiger partial charge < -0.3 is 19.2 Å². The van der Waals surface area contributed by atoms with Gasteiger partial charge in [0, 0.05) is 42.7 Å². The van der Waals surface area contributed by atoms with Crippen LogP contribution in [-0.4, -0.2) is 32.3 Å². The van der Waals surface area contributed by atoms with E-state index in [0.717, 1.165) is 23.8 Å². The Balaban J connectivity index is 1.43. The lowest BCUT2D eigenvalue weighted by Crippen LogP contribution is -2.45. The zero-order valence-electron chi connectivity index (χ0n) is 17.3. The van der Waals surface area contributed by atoms with E-state index >= 15 is 0 Å². The van der Waals surface area contributed by atoms with Gasteiger partial charge in [0.2, 0.25) is 0 Å². The smallest absolute Gasteiger partial charge is 0.336 e. The van der Waals surface area contributed by atoms with Gasteiger partial charge >= 0.3 is 5.63 Å². The summed E-state index contributed by atoms with van der Waals surface area (Å²) in [4.78, 5) is 24.2. The van der Waals surface area contributed by atoms with Crippen molar-refractivity contribution < 1.29 is 18.7 Å². The molecule has 2 heterocycles. The van der Waals surface area contributed by atoms with E-state index in [-0.39, 0.29) is 17.9 Å². The predicted molar refractivity (Wildman–Crippen MR) is 119 cm³/mol. The topological polar surface area (TPSA) is 77.8 Å². The Hall–Kier alpha value is -2.83. The van der Waals surface area contributed by atoms with Gasteiger partial charge in [-0.2, -0.15) is 0 Å². The predicted octanol–water partition coefficient (Wildman–Crippen LogP) is 4.00. The molecule has 2 aromatic carbocycles. The number of halogens is 1. The number of hydrogen-bond donors (Lipinski definition) is 1. The Labute approximate surface area is 185 Å². The lowest BCUT2D eigenvalue weighted by Gasteiger charge is -2.38. The standard InChI is InChI=1S/C24H24ClNO5/c1-16-11-23(28)31-20-13-21(19(25)12-18(16)20)30-14-22(27)26-15-24(7-9-29-10-8-24)17-5-3-2-4-6-17/h2-6,11-13H,7-10,14-15H2,1H3,(H,26,27). The van der Waals surface area contributed by atoms with Crippen LogP contribution >= 0.6 is 11.6 Å². The molecule has 1 N–H and O–H groups in total.